The number of rotatable bonds is 2. The number of nitrogens with zero attached hydrogens (tertiary/aromatic N) is 2. The predicted octanol–water partition coefficient (Wildman–Crippen LogP) is -0.492. The van der Waals surface area contributed by atoms with E-state index in [0.717, 1.165) is 0 Å². The molecule has 1 heterocycles. The van der Waals surface area contributed by atoms with Crippen LogP contribution >= 0.6 is 0 Å². The molecule has 5 N–H and O–H groups in total. The molecule has 0 aliphatic rings. The van der Waals surface area contributed by atoms with E-state index in [0.29, 0.717) is 11.6 Å². The molecule has 1 amide bonds. The summed E-state index contributed by atoms with van der Waals surface area (Å²) < 4.78 is 0. The number of aromatic nitrogens is 2. The molecule has 0 radical (unpaired) electrons. The van der Waals surface area contributed by atoms with Crippen LogP contribution in [0.3, 0.4) is 0 Å². The van der Waals surface area contributed by atoms with E-state index in [1.165, 1.54) is 0 Å². The third-order valence-corrected chi connectivity index (χ3v) is 1.53. The van der Waals surface area contributed by atoms with Crippen LogP contribution in [0.15, 0.2) is 0 Å². The van der Waals surface area contributed by atoms with E-state index in [9.17, 15) is 4.79 Å². The number of nitrogens with one attached hydrogen (secondary N) is 1. The number of hydrogen-bond donors (Lipinski definition) is 3. The third kappa shape index (κ3) is 1.66. The van der Waals surface area contributed by atoms with Gasteiger partial charge in [0.25, 0.3) is 5.91 Å². The minimum absolute atomic E-state index is 0.101. The van der Waals surface area contributed by atoms with Crippen molar-refractivity contribution in [1.29, 1.82) is 0 Å². The Morgan fingerprint density at radius 3 is 2.54 bits per heavy atom. The summed E-state index contributed by atoms with van der Waals surface area (Å²) in [5.74, 6) is 0.315. The molecule has 1 aromatic rings. The van der Waals surface area contributed by atoms with Crippen molar-refractivity contribution in [2.24, 2.45) is 5.73 Å². The van der Waals surface area contributed by atoms with E-state index in [4.69, 9.17) is 11.5 Å². The Balaban J connectivity index is 3.38. The predicted molar refractivity (Wildman–Crippen MR) is 49.2 cm³/mol. The maximum atomic E-state index is 10.9. The Morgan fingerprint density at radius 2 is 2.08 bits per heavy atom. The first kappa shape index (κ1) is 9.24. The molecule has 1 rings (SSSR count). The van der Waals surface area contributed by atoms with Crippen molar-refractivity contribution in [3.05, 3.63) is 11.4 Å². The van der Waals surface area contributed by atoms with Crippen LogP contribution < -0.4 is 16.8 Å². The zero-order valence-electron chi connectivity index (χ0n) is 7.46. The number of nitrogen functional groups attached to an aromatic ring is 1. The molecule has 0 aliphatic carbocycles. The highest BCUT2D eigenvalue weighted by atomic mass is 16.1. The van der Waals surface area contributed by atoms with Gasteiger partial charge in [-0.25, -0.2) is 9.97 Å². The average molecular weight is 181 g/mol. The van der Waals surface area contributed by atoms with Crippen LogP contribution in [0.2, 0.25) is 0 Å². The lowest BCUT2D eigenvalue weighted by molar-refractivity contribution is 0.100. The van der Waals surface area contributed by atoms with Gasteiger partial charge in [0.2, 0.25) is 0 Å². The van der Waals surface area contributed by atoms with Gasteiger partial charge in [0.1, 0.15) is 23.0 Å². The van der Waals surface area contributed by atoms with Gasteiger partial charge in [-0.05, 0) is 6.92 Å². The molecule has 0 saturated carbocycles. The fraction of sp³-hybridized carbons (Fsp3) is 0.286. The lowest BCUT2D eigenvalue weighted by Crippen LogP contribution is -2.18. The number of primary amides is 1. The Morgan fingerprint density at radius 1 is 1.46 bits per heavy atom. The van der Waals surface area contributed by atoms with Crippen molar-refractivity contribution >= 4 is 17.5 Å². The molecule has 0 atom stereocenters. The maximum absolute atomic E-state index is 10.9. The van der Waals surface area contributed by atoms with Crippen molar-refractivity contribution in [1.82, 2.24) is 9.97 Å². The largest absolute Gasteiger partial charge is 0.383 e. The van der Waals surface area contributed by atoms with Crippen molar-refractivity contribution in [2.45, 2.75) is 6.92 Å². The second-order valence-electron chi connectivity index (χ2n) is 2.49. The Labute approximate surface area is 75.4 Å². The first-order valence-electron chi connectivity index (χ1n) is 3.68. The summed E-state index contributed by atoms with van der Waals surface area (Å²) in [6, 6.07) is 0. The topological polar surface area (TPSA) is 107 Å². The molecule has 0 spiro atoms. The summed E-state index contributed by atoms with van der Waals surface area (Å²) in [4.78, 5) is 18.7. The number of carbonyl (C=O) groups excluding carboxylic acids is 1. The molecule has 0 aromatic carbocycles. The van der Waals surface area contributed by atoms with E-state index >= 15 is 0 Å². The summed E-state index contributed by atoms with van der Waals surface area (Å²) in [6.07, 6.45) is 0. The molecule has 1 aromatic heterocycles. The molecule has 70 valence electrons. The number of anilines is 2. The zero-order chi connectivity index (χ0) is 10.0. The number of nitrogens with two attached hydrogens (primary N) is 2. The van der Waals surface area contributed by atoms with E-state index < -0.39 is 5.91 Å². The van der Waals surface area contributed by atoms with Gasteiger partial charge in [-0.3, -0.25) is 4.79 Å². The highest BCUT2D eigenvalue weighted by Crippen LogP contribution is 2.16. The summed E-state index contributed by atoms with van der Waals surface area (Å²) in [5.41, 5.74) is 10.7. The van der Waals surface area contributed by atoms with Gasteiger partial charge < -0.3 is 16.8 Å². The lowest BCUT2D eigenvalue weighted by atomic mass is 10.2. The van der Waals surface area contributed by atoms with Crippen molar-refractivity contribution in [2.75, 3.05) is 18.1 Å². The summed E-state index contributed by atoms with van der Waals surface area (Å²) >= 11 is 0. The first-order valence-corrected chi connectivity index (χ1v) is 3.68. The van der Waals surface area contributed by atoms with Gasteiger partial charge in [0, 0.05) is 7.05 Å². The van der Waals surface area contributed by atoms with Crippen LogP contribution in [0.1, 0.15) is 16.2 Å². The summed E-state index contributed by atoms with van der Waals surface area (Å²) in [7, 11) is 1.63. The standard InChI is InChI=1S/C7H11N5O/c1-3-11-5(8)4(6(9)13)7(10-2)12-3/h1-2H3,(H2,9,13)(H3,8,10,11,12). The smallest absolute Gasteiger partial charge is 0.256 e. The number of hydrogen-bond acceptors (Lipinski definition) is 5. The number of aryl methyl sites for hydroxylation is 1. The lowest BCUT2D eigenvalue weighted by Gasteiger charge is -2.07. The van der Waals surface area contributed by atoms with Crippen LogP contribution in [-0.4, -0.2) is 22.9 Å². The molecule has 6 nitrogen and oxygen atoms in total. The summed E-state index contributed by atoms with van der Waals surface area (Å²) in [6.45, 7) is 1.68. The number of carbonyl (C=O) groups is 1. The molecule has 13 heavy (non-hydrogen) atoms. The molecule has 0 fully saturated rings. The van der Waals surface area contributed by atoms with Crippen LogP contribution in [0, 0.1) is 6.92 Å². The van der Waals surface area contributed by atoms with Gasteiger partial charge in [-0.1, -0.05) is 0 Å². The quantitative estimate of drug-likeness (QED) is 0.570. The Bertz CT molecular complexity index is 349. The third-order valence-electron chi connectivity index (χ3n) is 1.53. The second kappa shape index (κ2) is 3.26. The van der Waals surface area contributed by atoms with Gasteiger partial charge in [-0.15, -0.1) is 0 Å². The first-order chi connectivity index (χ1) is 6.06. The molecule has 0 saturated heterocycles. The minimum Gasteiger partial charge on any atom is -0.383 e. The van der Waals surface area contributed by atoms with Crippen molar-refractivity contribution < 1.29 is 4.79 Å². The number of amides is 1. The van der Waals surface area contributed by atoms with E-state index in [-0.39, 0.29) is 11.4 Å². The molecule has 0 aliphatic heterocycles. The van der Waals surface area contributed by atoms with Crippen LogP contribution in [0.5, 0.6) is 0 Å². The van der Waals surface area contributed by atoms with Gasteiger partial charge >= 0.3 is 0 Å². The normalized spacial score (nSPS) is 9.69. The van der Waals surface area contributed by atoms with Crippen LogP contribution in [-0.2, 0) is 0 Å². The fourth-order valence-electron chi connectivity index (χ4n) is 1.02. The molecule has 6 heteroatoms. The van der Waals surface area contributed by atoms with E-state index in [1.807, 2.05) is 0 Å². The van der Waals surface area contributed by atoms with Gasteiger partial charge in [-0.2, -0.15) is 0 Å². The van der Waals surface area contributed by atoms with Crippen molar-refractivity contribution in [3.63, 3.8) is 0 Å². The molecular formula is C7H11N5O. The average Bonchev–Trinajstić information content (AvgIpc) is 2.01. The fourth-order valence-corrected chi connectivity index (χ4v) is 1.02. The van der Waals surface area contributed by atoms with Crippen LogP contribution in [0.4, 0.5) is 11.6 Å². The van der Waals surface area contributed by atoms with E-state index in [1.54, 1.807) is 14.0 Å². The van der Waals surface area contributed by atoms with Crippen molar-refractivity contribution in [3.8, 4) is 0 Å². The van der Waals surface area contributed by atoms with Gasteiger partial charge in [0.15, 0.2) is 0 Å². The summed E-state index contributed by atoms with van der Waals surface area (Å²) in [5, 5.41) is 2.73. The van der Waals surface area contributed by atoms with Gasteiger partial charge in [0.05, 0.1) is 0 Å². The molecule has 0 bridgehead atoms. The monoisotopic (exact) mass is 181 g/mol. The SMILES string of the molecule is CNc1nc(C)nc(N)c1C(N)=O. The zero-order valence-corrected chi connectivity index (χ0v) is 7.46. The Hall–Kier alpha value is -1.85. The second-order valence-corrected chi connectivity index (χ2v) is 2.49. The minimum atomic E-state index is -0.637. The maximum Gasteiger partial charge on any atom is 0.256 e. The highest BCUT2D eigenvalue weighted by Gasteiger charge is 2.14. The van der Waals surface area contributed by atoms with Crippen LogP contribution in [0.25, 0.3) is 0 Å². The highest BCUT2D eigenvalue weighted by molar-refractivity contribution is 6.01. The molecular weight excluding hydrogens is 170 g/mol. The molecule has 0 unspecified atom stereocenters. The van der Waals surface area contributed by atoms with E-state index in [2.05, 4.69) is 15.3 Å². The Kier molecular flexibility index (Phi) is 2.32.